The lowest BCUT2D eigenvalue weighted by atomic mass is 10.2. The number of anilines is 1. The van der Waals surface area contributed by atoms with Crippen molar-refractivity contribution in [1.29, 1.82) is 0 Å². The lowest BCUT2D eigenvalue weighted by Gasteiger charge is -2.21. The number of halogens is 1. The Morgan fingerprint density at radius 1 is 1.03 bits per heavy atom. The Morgan fingerprint density at radius 3 is 2.34 bits per heavy atom. The lowest BCUT2D eigenvalue weighted by Crippen LogP contribution is -2.39. The average molecular weight is 456 g/mol. The zero-order valence-electron chi connectivity index (χ0n) is 17.3. The summed E-state index contributed by atoms with van der Waals surface area (Å²) in [6.07, 6.45) is 2.31. The number of sulfonamides is 1. The SMILES string of the molecule is CS(=O)(=O)N(CC(=O)N/N=C\c1ccc(OCc2ccccc2)cc1)c1ccccc1F. The second-order valence-corrected chi connectivity index (χ2v) is 8.76. The van der Waals surface area contributed by atoms with Crippen molar-refractivity contribution in [3.05, 3.63) is 95.8 Å². The summed E-state index contributed by atoms with van der Waals surface area (Å²) in [6, 6.07) is 22.2. The molecule has 0 bridgehead atoms. The van der Waals surface area contributed by atoms with E-state index in [1.807, 2.05) is 30.3 Å². The maximum absolute atomic E-state index is 14.0. The highest BCUT2D eigenvalue weighted by Crippen LogP contribution is 2.21. The topological polar surface area (TPSA) is 88.1 Å². The van der Waals surface area contributed by atoms with Gasteiger partial charge in [-0.1, -0.05) is 42.5 Å². The van der Waals surface area contributed by atoms with E-state index in [9.17, 15) is 17.6 Å². The predicted octanol–water partition coefficient (Wildman–Crippen LogP) is 3.32. The first kappa shape index (κ1) is 23.0. The van der Waals surface area contributed by atoms with Gasteiger partial charge in [0.15, 0.2) is 0 Å². The monoisotopic (exact) mass is 455 g/mol. The summed E-state index contributed by atoms with van der Waals surface area (Å²) in [7, 11) is -3.88. The van der Waals surface area contributed by atoms with Crippen LogP contribution in [0, 0.1) is 5.82 Å². The molecule has 0 fully saturated rings. The van der Waals surface area contributed by atoms with E-state index in [4.69, 9.17) is 4.74 Å². The third-order valence-corrected chi connectivity index (χ3v) is 5.47. The fourth-order valence-corrected chi connectivity index (χ4v) is 3.63. The van der Waals surface area contributed by atoms with E-state index in [1.54, 1.807) is 24.3 Å². The zero-order chi connectivity index (χ0) is 23.0. The quantitative estimate of drug-likeness (QED) is 0.396. The van der Waals surface area contributed by atoms with Gasteiger partial charge in [0.1, 0.15) is 24.7 Å². The maximum Gasteiger partial charge on any atom is 0.260 e. The number of nitrogens with one attached hydrogen (secondary N) is 1. The Hall–Kier alpha value is -3.72. The molecule has 0 unspecified atom stereocenters. The van der Waals surface area contributed by atoms with Crippen molar-refractivity contribution in [1.82, 2.24) is 5.43 Å². The molecule has 1 N–H and O–H groups in total. The summed E-state index contributed by atoms with van der Waals surface area (Å²) in [5.41, 5.74) is 3.80. The minimum atomic E-state index is -3.88. The van der Waals surface area contributed by atoms with Gasteiger partial charge >= 0.3 is 0 Å². The number of benzene rings is 3. The molecular weight excluding hydrogens is 433 g/mol. The maximum atomic E-state index is 14.0. The van der Waals surface area contributed by atoms with Crippen LogP contribution in [-0.4, -0.2) is 33.3 Å². The molecule has 1 amide bonds. The molecule has 0 atom stereocenters. The van der Waals surface area contributed by atoms with E-state index in [0.29, 0.717) is 22.2 Å². The van der Waals surface area contributed by atoms with Gasteiger partial charge in [0.25, 0.3) is 5.91 Å². The van der Waals surface area contributed by atoms with Gasteiger partial charge in [0.2, 0.25) is 10.0 Å². The van der Waals surface area contributed by atoms with Gasteiger partial charge in [0, 0.05) is 0 Å². The molecule has 3 aromatic carbocycles. The van der Waals surface area contributed by atoms with Crippen LogP contribution in [0.1, 0.15) is 11.1 Å². The van der Waals surface area contributed by atoms with Crippen LogP contribution < -0.4 is 14.5 Å². The van der Waals surface area contributed by atoms with Gasteiger partial charge in [0.05, 0.1) is 18.2 Å². The van der Waals surface area contributed by atoms with Crippen LogP contribution in [0.3, 0.4) is 0 Å². The van der Waals surface area contributed by atoms with E-state index in [2.05, 4.69) is 10.5 Å². The number of ether oxygens (including phenoxy) is 1. The summed E-state index contributed by atoms with van der Waals surface area (Å²) in [4.78, 5) is 12.2. The standard InChI is InChI=1S/C23H22FN3O4S/c1-32(29,30)27(22-10-6-5-9-21(22)24)16-23(28)26-25-15-18-11-13-20(14-12-18)31-17-19-7-3-2-4-8-19/h2-15H,16-17H2,1H3,(H,26,28)/b25-15-. The first-order valence-corrected chi connectivity index (χ1v) is 11.5. The van der Waals surface area contributed by atoms with E-state index < -0.39 is 28.3 Å². The Bertz CT molecular complexity index is 1180. The molecule has 3 rings (SSSR count). The van der Waals surface area contributed by atoms with Gasteiger partial charge in [-0.25, -0.2) is 18.2 Å². The van der Waals surface area contributed by atoms with Gasteiger partial charge < -0.3 is 4.74 Å². The van der Waals surface area contributed by atoms with Crippen LogP contribution in [-0.2, 0) is 21.4 Å². The van der Waals surface area contributed by atoms with Gasteiger partial charge in [-0.05, 0) is 47.5 Å². The summed E-state index contributed by atoms with van der Waals surface area (Å²) in [5.74, 6) is -0.773. The van der Waals surface area contributed by atoms with Crippen molar-refractivity contribution >= 4 is 27.8 Å². The van der Waals surface area contributed by atoms with Crippen molar-refractivity contribution in [3.63, 3.8) is 0 Å². The molecule has 0 saturated carbocycles. The smallest absolute Gasteiger partial charge is 0.260 e. The number of amides is 1. The molecule has 0 aliphatic carbocycles. The van der Waals surface area contributed by atoms with Crippen LogP contribution in [0.4, 0.5) is 10.1 Å². The fourth-order valence-electron chi connectivity index (χ4n) is 2.77. The number of hydrogen-bond acceptors (Lipinski definition) is 5. The molecule has 9 heteroatoms. The molecule has 0 aromatic heterocycles. The molecule has 0 aliphatic heterocycles. The normalized spacial score (nSPS) is 11.3. The molecule has 0 spiro atoms. The van der Waals surface area contributed by atoms with E-state index in [0.717, 1.165) is 17.9 Å². The molecule has 3 aromatic rings. The average Bonchev–Trinajstić information content (AvgIpc) is 2.77. The van der Waals surface area contributed by atoms with E-state index >= 15 is 0 Å². The van der Waals surface area contributed by atoms with Crippen molar-refractivity contribution < 1.29 is 22.3 Å². The number of hydrogen-bond donors (Lipinski definition) is 1. The Labute approximate surface area is 186 Å². The van der Waals surface area contributed by atoms with Gasteiger partial charge in [-0.15, -0.1) is 0 Å². The Balaban J connectivity index is 1.55. The van der Waals surface area contributed by atoms with Gasteiger partial charge in [-0.3, -0.25) is 9.10 Å². The molecular formula is C23H22FN3O4S. The highest BCUT2D eigenvalue weighted by molar-refractivity contribution is 7.92. The number of para-hydroxylation sites is 1. The molecule has 32 heavy (non-hydrogen) atoms. The van der Waals surface area contributed by atoms with Crippen molar-refractivity contribution in [2.75, 3.05) is 17.1 Å². The number of carbonyl (C=O) groups excluding carboxylic acids is 1. The second kappa shape index (κ2) is 10.5. The minimum absolute atomic E-state index is 0.208. The summed E-state index contributed by atoms with van der Waals surface area (Å²) >= 11 is 0. The molecule has 0 radical (unpaired) electrons. The fraction of sp³-hybridized carbons (Fsp3) is 0.130. The zero-order valence-corrected chi connectivity index (χ0v) is 18.1. The first-order chi connectivity index (χ1) is 15.3. The summed E-state index contributed by atoms with van der Waals surface area (Å²) in [5, 5.41) is 3.84. The minimum Gasteiger partial charge on any atom is -0.489 e. The van der Waals surface area contributed by atoms with Crippen molar-refractivity contribution in [2.24, 2.45) is 5.10 Å². The van der Waals surface area contributed by atoms with Crippen LogP contribution >= 0.6 is 0 Å². The molecule has 0 aliphatic rings. The molecule has 0 heterocycles. The highest BCUT2D eigenvalue weighted by atomic mass is 32.2. The number of nitrogens with zero attached hydrogens (tertiary/aromatic N) is 2. The highest BCUT2D eigenvalue weighted by Gasteiger charge is 2.23. The third kappa shape index (κ3) is 6.64. The number of rotatable bonds is 9. The van der Waals surface area contributed by atoms with E-state index in [-0.39, 0.29) is 5.69 Å². The third-order valence-electron chi connectivity index (χ3n) is 4.34. The largest absolute Gasteiger partial charge is 0.489 e. The van der Waals surface area contributed by atoms with Crippen LogP contribution in [0.5, 0.6) is 5.75 Å². The second-order valence-electron chi connectivity index (χ2n) is 6.86. The summed E-state index contributed by atoms with van der Waals surface area (Å²) in [6.45, 7) is -0.160. The number of hydrazone groups is 1. The predicted molar refractivity (Wildman–Crippen MR) is 122 cm³/mol. The molecule has 0 saturated heterocycles. The Kier molecular flexibility index (Phi) is 7.56. The summed E-state index contributed by atoms with van der Waals surface area (Å²) < 4.78 is 44.4. The van der Waals surface area contributed by atoms with Crippen molar-refractivity contribution in [2.45, 2.75) is 6.61 Å². The lowest BCUT2D eigenvalue weighted by molar-refractivity contribution is -0.119. The molecule has 166 valence electrons. The van der Waals surface area contributed by atoms with Crippen molar-refractivity contribution in [3.8, 4) is 5.75 Å². The van der Waals surface area contributed by atoms with Crippen LogP contribution in [0.25, 0.3) is 0 Å². The molecule has 7 nitrogen and oxygen atoms in total. The first-order valence-electron chi connectivity index (χ1n) is 9.64. The van der Waals surface area contributed by atoms with Gasteiger partial charge in [-0.2, -0.15) is 5.10 Å². The Morgan fingerprint density at radius 2 is 1.69 bits per heavy atom. The van der Waals surface area contributed by atoms with Crippen LogP contribution in [0.15, 0.2) is 84.0 Å². The van der Waals surface area contributed by atoms with E-state index in [1.165, 1.54) is 24.4 Å². The number of carbonyl (C=O) groups is 1. The van der Waals surface area contributed by atoms with Crippen LogP contribution in [0.2, 0.25) is 0 Å².